The minimum Gasteiger partial charge on any atom is -0.493 e. The lowest BCUT2D eigenvalue weighted by atomic mass is 9.89. The Kier molecular flexibility index (Phi) is 6.47. The second kappa shape index (κ2) is 9.43. The average Bonchev–Trinajstić information content (AvgIpc) is 3.49. The molecule has 164 valence electrons. The predicted octanol–water partition coefficient (Wildman–Crippen LogP) is 2.89. The Labute approximate surface area is 183 Å². The van der Waals surface area contributed by atoms with E-state index in [-0.39, 0.29) is 17.9 Å². The third-order valence-electron chi connectivity index (χ3n) is 6.34. The molecule has 0 spiro atoms. The number of nitrogens with two attached hydrogens (primary N) is 1. The smallest absolute Gasteiger partial charge is 0.280 e. The van der Waals surface area contributed by atoms with E-state index in [9.17, 15) is 4.79 Å². The SMILES string of the molecule is COc1cccc([C@H](C[NH2+][C@@H](C)C(=O)N2CCCC2)c2c[nH]c3ccccc23)c1OC. The molecular weight excluding hydrogens is 390 g/mol. The zero-order valence-corrected chi connectivity index (χ0v) is 18.6. The fourth-order valence-corrected chi connectivity index (χ4v) is 4.66. The summed E-state index contributed by atoms with van der Waals surface area (Å²) in [5.74, 6) is 1.72. The third-order valence-corrected chi connectivity index (χ3v) is 6.34. The van der Waals surface area contributed by atoms with E-state index in [1.165, 1.54) is 10.9 Å². The highest BCUT2D eigenvalue weighted by atomic mass is 16.5. The Morgan fingerprint density at radius 1 is 1.06 bits per heavy atom. The van der Waals surface area contributed by atoms with E-state index in [2.05, 4.69) is 40.8 Å². The first-order valence-electron chi connectivity index (χ1n) is 11.0. The van der Waals surface area contributed by atoms with Crippen molar-refractivity contribution in [2.45, 2.75) is 31.7 Å². The molecule has 4 rings (SSSR count). The van der Waals surface area contributed by atoms with Crippen LogP contribution in [0.1, 0.15) is 36.8 Å². The van der Waals surface area contributed by atoms with Crippen molar-refractivity contribution in [3.05, 3.63) is 59.8 Å². The molecule has 0 saturated carbocycles. The largest absolute Gasteiger partial charge is 0.493 e. The molecule has 31 heavy (non-hydrogen) atoms. The number of rotatable bonds is 8. The zero-order valence-electron chi connectivity index (χ0n) is 18.6. The summed E-state index contributed by atoms with van der Waals surface area (Å²) in [6.07, 6.45) is 4.30. The topological polar surface area (TPSA) is 71.2 Å². The lowest BCUT2D eigenvalue weighted by molar-refractivity contribution is -0.675. The third kappa shape index (κ3) is 4.26. The molecule has 6 heteroatoms. The molecule has 1 aromatic heterocycles. The number of aromatic amines is 1. The van der Waals surface area contributed by atoms with Crippen LogP contribution in [0.25, 0.3) is 10.9 Å². The Balaban J connectivity index is 1.68. The van der Waals surface area contributed by atoms with Gasteiger partial charge in [0.05, 0.1) is 26.7 Å². The number of carbonyl (C=O) groups is 1. The predicted molar refractivity (Wildman–Crippen MR) is 122 cm³/mol. The lowest BCUT2D eigenvalue weighted by Crippen LogP contribution is -2.92. The first kappa shape index (κ1) is 21.2. The number of nitrogens with zero attached hydrogens (tertiary/aromatic N) is 1. The molecule has 0 bridgehead atoms. The maximum Gasteiger partial charge on any atom is 0.280 e. The number of quaternary nitrogens is 1. The Morgan fingerprint density at radius 2 is 1.84 bits per heavy atom. The van der Waals surface area contributed by atoms with Crippen LogP contribution in [0.15, 0.2) is 48.7 Å². The van der Waals surface area contributed by atoms with Gasteiger partial charge in [-0.05, 0) is 37.5 Å². The fraction of sp³-hybridized carbons (Fsp3) is 0.400. The second-order valence-electron chi connectivity index (χ2n) is 8.22. The van der Waals surface area contributed by atoms with Crippen LogP contribution in [-0.2, 0) is 4.79 Å². The standard InChI is InChI=1S/C25H31N3O3/c1-17(25(29)28-13-6-7-14-28)26-15-21(19-10-8-12-23(30-2)24(19)31-3)20-16-27-22-11-5-4-9-18(20)22/h4-5,8-12,16-17,21,26-27H,6-7,13-15H2,1-3H3/p+1/t17-,21-/m0/s1. The molecule has 3 aromatic rings. The summed E-state index contributed by atoms with van der Waals surface area (Å²) in [6.45, 7) is 4.50. The molecule has 2 heterocycles. The fourth-order valence-electron chi connectivity index (χ4n) is 4.66. The number of nitrogens with one attached hydrogen (secondary N) is 1. The molecular formula is C25H32N3O3+. The van der Waals surface area contributed by atoms with Gasteiger partial charge in [0.15, 0.2) is 17.5 Å². The van der Waals surface area contributed by atoms with Crippen molar-refractivity contribution in [3.63, 3.8) is 0 Å². The van der Waals surface area contributed by atoms with Crippen LogP contribution in [-0.4, -0.2) is 55.7 Å². The van der Waals surface area contributed by atoms with E-state index in [1.54, 1.807) is 14.2 Å². The van der Waals surface area contributed by atoms with Crippen molar-refractivity contribution in [3.8, 4) is 11.5 Å². The van der Waals surface area contributed by atoms with Gasteiger partial charge >= 0.3 is 0 Å². The number of ether oxygens (including phenoxy) is 2. The van der Waals surface area contributed by atoms with Crippen molar-refractivity contribution < 1.29 is 19.6 Å². The molecule has 3 N–H and O–H groups in total. The number of para-hydroxylation sites is 2. The molecule has 1 aliphatic rings. The molecule has 1 amide bonds. The van der Waals surface area contributed by atoms with E-state index in [1.807, 2.05) is 30.0 Å². The summed E-state index contributed by atoms with van der Waals surface area (Å²) in [5, 5.41) is 3.34. The monoisotopic (exact) mass is 422 g/mol. The Morgan fingerprint density at radius 3 is 2.58 bits per heavy atom. The highest BCUT2D eigenvalue weighted by molar-refractivity contribution is 5.84. The molecule has 2 aromatic carbocycles. The van der Waals surface area contributed by atoms with Gasteiger partial charge in [-0.25, -0.2) is 0 Å². The first-order valence-corrected chi connectivity index (χ1v) is 11.0. The van der Waals surface area contributed by atoms with Crippen molar-refractivity contribution in [2.24, 2.45) is 0 Å². The number of methoxy groups -OCH3 is 2. The van der Waals surface area contributed by atoms with Crippen LogP contribution in [0.4, 0.5) is 0 Å². The van der Waals surface area contributed by atoms with Crippen molar-refractivity contribution >= 4 is 16.8 Å². The Hall–Kier alpha value is -2.99. The van der Waals surface area contributed by atoms with Gasteiger partial charge in [-0.15, -0.1) is 0 Å². The number of hydrogen-bond acceptors (Lipinski definition) is 3. The normalized spacial score (nSPS) is 15.8. The van der Waals surface area contributed by atoms with E-state index in [4.69, 9.17) is 9.47 Å². The highest BCUT2D eigenvalue weighted by Gasteiger charge is 2.29. The number of hydrogen-bond donors (Lipinski definition) is 2. The molecule has 6 nitrogen and oxygen atoms in total. The van der Waals surface area contributed by atoms with Crippen LogP contribution in [0.5, 0.6) is 11.5 Å². The summed E-state index contributed by atoms with van der Waals surface area (Å²) in [6, 6.07) is 14.2. The molecule has 1 fully saturated rings. The van der Waals surface area contributed by atoms with Crippen LogP contribution in [0.2, 0.25) is 0 Å². The number of aromatic nitrogens is 1. The van der Waals surface area contributed by atoms with E-state index in [0.717, 1.165) is 49.3 Å². The number of H-pyrrole nitrogens is 1. The molecule has 1 aliphatic heterocycles. The Bertz CT molecular complexity index is 1040. The molecule has 0 radical (unpaired) electrons. The molecule has 0 aliphatic carbocycles. The van der Waals surface area contributed by atoms with Crippen molar-refractivity contribution in [2.75, 3.05) is 33.9 Å². The minimum absolute atomic E-state index is 0.0371. The van der Waals surface area contributed by atoms with Gasteiger partial charge in [-0.1, -0.05) is 30.3 Å². The summed E-state index contributed by atoms with van der Waals surface area (Å²) < 4.78 is 11.3. The van der Waals surface area contributed by atoms with Gasteiger partial charge in [-0.3, -0.25) is 4.79 Å². The second-order valence-corrected chi connectivity index (χ2v) is 8.22. The average molecular weight is 423 g/mol. The van der Waals surface area contributed by atoms with Gasteiger partial charge in [0.1, 0.15) is 0 Å². The maximum atomic E-state index is 12.9. The van der Waals surface area contributed by atoms with Crippen LogP contribution in [0.3, 0.4) is 0 Å². The number of likely N-dealkylation sites (tertiary alicyclic amines) is 1. The maximum absolute atomic E-state index is 12.9. The van der Waals surface area contributed by atoms with Crippen LogP contribution in [0, 0.1) is 0 Å². The number of amides is 1. The lowest BCUT2D eigenvalue weighted by Gasteiger charge is -2.23. The molecule has 1 saturated heterocycles. The van der Waals surface area contributed by atoms with E-state index < -0.39 is 0 Å². The quantitative estimate of drug-likeness (QED) is 0.586. The van der Waals surface area contributed by atoms with Gasteiger partial charge in [0, 0.05) is 35.8 Å². The number of fused-ring (bicyclic) bond motifs is 1. The highest BCUT2D eigenvalue weighted by Crippen LogP contribution is 2.39. The van der Waals surface area contributed by atoms with Crippen molar-refractivity contribution in [1.82, 2.24) is 9.88 Å². The summed E-state index contributed by atoms with van der Waals surface area (Å²) in [4.78, 5) is 18.3. The van der Waals surface area contributed by atoms with E-state index >= 15 is 0 Å². The van der Waals surface area contributed by atoms with Gasteiger partial charge in [0.25, 0.3) is 5.91 Å². The van der Waals surface area contributed by atoms with Crippen LogP contribution < -0.4 is 14.8 Å². The first-order chi connectivity index (χ1) is 15.1. The molecule has 0 unspecified atom stereocenters. The van der Waals surface area contributed by atoms with Gasteiger partial charge in [-0.2, -0.15) is 0 Å². The van der Waals surface area contributed by atoms with Crippen LogP contribution >= 0.6 is 0 Å². The van der Waals surface area contributed by atoms with Gasteiger partial charge < -0.3 is 24.7 Å². The molecule has 2 atom stereocenters. The summed E-state index contributed by atoms with van der Waals surface area (Å²) in [7, 11) is 3.34. The summed E-state index contributed by atoms with van der Waals surface area (Å²) >= 11 is 0. The van der Waals surface area contributed by atoms with Crippen molar-refractivity contribution in [1.29, 1.82) is 0 Å². The number of benzene rings is 2. The number of carbonyl (C=O) groups excluding carboxylic acids is 1. The minimum atomic E-state index is -0.123. The van der Waals surface area contributed by atoms with E-state index in [0.29, 0.717) is 5.75 Å². The zero-order chi connectivity index (χ0) is 21.8. The summed E-state index contributed by atoms with van der Waals surface area (Å²) in [5.41, 5.74) is 3.36. The van der Waals surface area contributed by atoms with Gasteiger partial charge in [0.2, 0.25) is 0 Å².